The van der Waals surface area contributed by atoms with Gasteiger partial charge in [-0.25, -0.2) is 0 Å². The molecule has 1 aliphatic heterocycles. The molecule has 176 valence electrons. The van der Waals surface area contributed by atoms with Crippen molar-refractivity contribution >= 4 is 17.4 Å². The number of carbonyl (C=O) groups excluding carboxylic acids is 2. The number of nitrogens with zero attached hydrogens (tertiary/aromatic N) is 1. The van der Waals surface area contributed by atoms with E-state index >= 15 is 0 Å². The number of hydrogen-bond acceptors (Lipinski definition) is 6. The summed E-state index contributed by atoms with van der Waals surface area (Å²) < 4.78 is 16.7. The summed E-state index contributed by atoms with van der Waals surface area (Å²) in [5.41, 5.74) is 1.97. The van der Waals surface area contributed by atoms with E-state index in [2.05, 4.69) is 0 Å². The third-order valence-corrected chi connectivity index (χ3v) is 5.75. The number of ketones is 1. The molecule has 3 aromatic rings. The normalized spacial score (nSPS) is 17.3. The van der Waals surface area contributed by atoms with Crippen molar-refractivity contribution < 1.29 is 28.6 Å². The summed E-state index contributed by atoms with van der Waals surface area (Å²) in [5, 5.41) is 11.4. The van der Waals surface area contributed by atoms with Crippen LogP contribution in [0.1, 0.15) is 42.3 Å². The van der Waals surface area contributed by atoms with Crippen LogP contribution in [0.4, 0.5) is 0 Å². The average molecular weight is 462 g/mol. The minimum atomic E-state index is -0.785. The fourth-order valence-electron chi connectivity index (χ4n) is 4.21. The van der Waals surface area contributed by atoms with Crippen LogP contribution in [0.5, 0.6) is 11.5 Å². The zero-order valence-corrected chi connectivity index (χ0v) is 19.4. The highest BCUT2D eigenvalue weighted by Gasteiger charge is 2.47. The highest BCUT2D eigenvalue weighted by molar-refractivity contribution is 6.46. The van der Waals surface area contributed by atoms with Crippen molar-refractivity contribution in [3.63, 3.8) is 0 Å². The van der Waals surface area contributed by atoms with E-state index in [-0.39, 0.29) is 17.9 Å². The van der Waals surface area contributed by atoms with E-state index in [1.54, 1.807) is 30.3 Å². The zero-order chi connectivity index (χ0) is 24.2. The van der Waals surface area contributed by atoms with Crippen molar-refractivity contribution in [2.45, 2.75) is 33.4 Å². The number of aryl methyl sites for hydroxylation is 1. The summed E-state index contributed by atoms with van der Waals surface area (Å²) in [6.45, 7) is 6.52. The number of carbonyl (C=O) groups is 2. The molecule has 1 saturated heterocycles. The smallest absolute Gasteiger partial charge is 0.296 e. The van der Waals surface area contributed by atoms with E-state index < -0.39 is 17.7 Å². The van der Waals surface area contributed by atoms with Crippen molar-refractivity contribution in [2.24, 2.45) is 0 Å². The van der Waals surface area contributed by atoms with Gasteiger partial charge in [0.05, 0.1) is 43.2 Å². The van der Waals surface area contributed by atoms with Gasteiger partial charge in [-0.15, -0.1) is 0 Å². The van der Waals surface area contributed by atoms with Gasteiger partial charge in [0.2, 0.25) is 0 Å². The monoisotopic (exact) mass is 461 g/mol. The first-order chi connectivity index (χ1) is 16.5. The number of ether oxygens (including phenoxy) is 2. The lowest BCUT2D eigenvalue weighted by Gasteiger charge is -2.26. The van der Waals surface area contributed by atoms with E-state index in [1.807, 2.05) is 45.0 Å². The van der Waals surface area contributed by atoms with Crippen molar-refractivity contribution in [2.75, 3.05) is 13.2 Å². The van der Waals surface area contributed by atoms with Crippen LogP contribution in [-0.4, -0.2) is 34.9 Å². The van der Waals surface area contributed by atoms with Crippen LogP contribution in [0.15, 0.2) is 70.9 Å². The molecule has 4 rings (SSSR count). The van der Waals surface area contributed by atoms with Crippen molar-refractivity contribution in [3.05, 3.63) is 88.9 Å². The molecule has 2 aromatic carbocycles. The van der Waals surface area contributed by atoms with Crippen molar-refractivity contribution in [1.29, 1.82) is 0 Å². The van der Waals surface area contributed by atoms with Crippen LogP contribution in [0.3, 0.4) is 0 Å². The Bertz CT molecular complexity index is 1230. The Morgan fingerprint density at radius 3 is 2.47 bits per heavy atom. The van der Waals surface area contributed by atoms with Gasteiger partial charge in [-0.05, 0) is 56.2 Å². The second-order valence-electron chi connectivity index (χ2n) is 7.89. The maximum atomic E-state index is 13.3. The zero-order valence-electron chi connectivity index (χ0n) is 19.4. The number of Topliss-reactive ketones (excluding diaryl/α,β-unsaturated/α-hetero) is 1. The molecule has 1 atom stereocenters. The van der Waals surface area contributed by atoms with E-state index in [0.717, 1.165) is 11.1 Å². The van der Waals surface area contributed by atoms with Gasteiger partial charge in [0.15, 0.2) is 0 Å². The molecule has 7 nitrogen and oxygen atoms in total. The lowest BCUT2D eigenvalue weighted by atomic mass is 9.92. The molecule has 0 radical (unpaired) electrons. The summed E-state index contributed by atoms with van der Waals surface area (Å²) >= 11 is 0. The molecule has 7 heteroatoms. The maximum absolute atomic E-state index is 13.3. The highest BCUT2D eigenvalue weighted by atomic mass is 16.5. The number of benzene rings is 2. The first kappa shape index (κ1) is 23.2. The summed E-state index contributed by atoms with van der Waals surface area (Å²) in [6, 6.07) is 15.2. The van der Waals surface area contributed by atoms with Gasteiger partial charge < -0.3 is 23.9 Å². The lowest BCUT2D eigenvalue weighted by molar-refractivity contribution is -0.140. The van der Waals surface area contributed by atoms with Crippen molar-refractivity contribution in [1.82, 2.24) is 4.90 Å². The molecule has 2 heterocycles. The molecule has 1 fully saturated rings. The molecule has 0 bridgehead atoms. The Hall–Kier alpha value is -4.00. The van der Waals surface area contributed by atoms with E-state index in [4.69, 9.17) is 13.9 Å². The van der Waals surface area contributed by atoms with Gasteiger partial charge in [-0.3, -0.25) is 9.59 Å². The summed E-state index contributed by atoms with van der Waals surface area (Å²) in [4.78, 5) is 27.9. The fraction of sp³-hybridized carbons (Fsp3) is 0.259. The maximum Gasteiger partial charge on any atom is 0.296 e. The third-order valence-electron chi connectivity index (χ3n) is 5.75. The van der Waals surface area contributed by atoms with Crippen LogP contribution < -0.4 is 9.47 Å². The second-order valence-corrected chi connectivity index (χ2v) is 7.89. The van der Waals surface area contributed by atoms with Gasteiger partial charge >= 0.3 is 0 Å². The first-order valence-corrected chi connectivity index (χ1v) is 11.2. The largest absolute Gasteiger partial charge is 0.507 e. The van der Waals surface area contributed by atoms with E-state index in [0.29, 0.717) is 36.0 Å². The SMILES string of the molecule is CCOc1ccc(/C(O)=C2\C(=O)C(=O)N(Cc3ccco3)C2c2ccccc2C)c(OCC)c1. The predicted octanol–water partition coefficient (Wildman–Crippen LogP) is 5.01. The second kappa shape index (κ2) is 9.87. The Morgan fingerprint density at radius 2 is 1.79 bits per heavy atom. The predicted molar refractivity (Wildman–Crippen MR) is 127 cm³/mol. The van der Waals surface area contributed by atoms with E-state index in [1.165, 1.54) is 11.2 Å². The van der Waals surface area contributed by atoms with Gasteiger partial charge in [-0.1, -0.05) is 24.3 Å². The number of aliphatic hydroxyl groups excluding tert-OH is 1. The summed E-state index contributed by atoms with van der Waals surface area (Å²) in [5.74, 6) is -0.261. The molecule has 1 N–H and O–H groups in total. The Labute approximate surface area is 198 Å². The number of aliphatic hydroxyl groups is 1. The van der Waals surface area contributed by atoms with Crippen molar-refractivity contribution in [3.8, 4) is 11.5 Å². The Morgan fingerprint density at radius 1 is 1.03 bits per heavy atom. The van der Waals surface area contributed by atoms with Crippen LogP contribution >= 0.6 is 0 Å². The molecular weight excluding hydrogens is 434 g/mol. The quantitative estimate of drug-likeness (QED) is 0.288. The molecular formula is C27H27NO6. The minimum absolute atomic E-state index is 0.0102. The number of amides is 1. The molecule has 34 heavy (non-hydrogen) atoms. The number of likely N-dealkylation sites (tertiary alicyclic amines) is 1. The number of rotatable bonds is 8. The van der Waals surface area contributed by atoms with E-state index in [9.17, 15) is 14.7 Å². The molecule has 0 spiro atoms. The van der Waals surface area contributed by atoms with Crippen LogP contribution in [0.2, 0.25) is 0 Å². The average Bonchev–Trinajstić information content (AvgIpc) is 3.42. The Kier molecular flexibility index (Phi) is 6.72. The molecule has 1 aromatic heterocycles. The van der Waals surface area contributed by atoms with Gasteiger partial charge in [0.25, 0.3) is 11.7 Å². The van der Waals surface area contributed by atoms with Crippen LogP contribution in [-0.2, 0) is 16.1 Å². The molecule has 0 saturated carbocycles. The fourth-order valence-corrected chi connectivity index (χ4v) is 4.21. The Balaban J connectivity index is 1.89. The molecule has 0 aliphatic carbocycles. The topological polar surface area (TPSA) is 89.2 Å². The van der Waals surface area contributed by atoms with Gasteiger partial charge in [0.1, 0.15) is 23.0 Å². The van der Waals surface area contributed by atoms with Gasteiger partial charge in [-0.2, -0.15) is 0 Å². The summed E-state index contributed by atoms with van der Waals surface area (Å²) in [6.07, 6.45) is 1.52. The van der Waals surface area contributed by atoms with Gasteiger partial charge in [0, 0.05) is 6.07 Å². The standard InChI is InChI=1S/C27H27NO6/c1-4-32-18-12-13-21(22(15-18)33-5-2)25(29)23-24(20-11-7-6-9-17(20)3)28(27(31)26(23)30)16-19-10-8-14-34-19/h6-15,24,29H,4-5,16H2,1-3H3/b25-23+. The van der Waals surface area contributed by atoms with Crippen LogP contribution in [0.25, 0.3) is 5.76 Å². The minimum Gasteiger partial charge on any atom is -0.507 e. The number of furan rings is 1. The number of hydrogen-bond donors (Lipinski definition) is 1. The van der Waals surface area contributed by atoms with Crippen LogP contribution in [0, 0.1) is 6.92 Å². The molecule has 1 aliphatic rings. The first-order valence-electron chi connectivity index (χ1n) is 11.2. The lowest BCUT2D eigenvalue weighted by Crippen LogP contribution is -2.29. The molecule has 1 unspecified atom stereocenters. The third kappa shape index (κ3) is 4.29. The highest BCUT2D eigenvalue weighted by Crippen LogP contribution is 2.43. The summed E-state index contributed by atoms with van der Waals surface area (Å²) in [7, 11) is 0. The molecule has 1 amide bonds.